The Kier molecular flexibility index (Phi) is 5.07. The summed E-state index contributed by atoms with van der Waals surface area (Å²) in [6, 6.07) is 2.16. The molecule has 1 saturated heterocycles. The number of aliphatic hydroxyl groups is 1. The molecule has 3 N–H and O–H groups in total. The van der Waals surface area contributed by atoms with Crippen LogP contribution in [0.15, 0.2) is 6.07 Å². The Bertz CT molecular complexity index is 622. The number of thiophene rings is 1. The number of hydrogen-bond acceptors (Lipinski definition) is 7. The molecule has 0 bridgehead atoms. The van der Waals surface area contributed by atoms with Crippen molar-refractivity contribution in [3.63, 3.8) is 0 Å². The molecule has 1 aliphatic rings. The molecule has 0 aliphatic carbocycles. The number of hydrogen-bond donors (Lipinski definition) is 3. The topological polar surface area (TPSA) is 73.3 Å². The van der Waals surface area contributed by atoms with Crippen molar-refractivity contribution in [3.8, 4) is 0 Å². The van der Waals surface area contributed by atoms with Crippen LogP contribution in [0.4, 0.5) is 11.8 Å². The SMILES string of the molecule is CCc1cc2c(NCCO)nc(N3CCCNCC3)nc2s1. The molecule has 3 rings (SSSR count). The lowest BCUT2D eigenvalue weighted by molar-refractivity contribution is 0.311. The zero-order valence-corrected chi connectivity index (χ0v) is 13.7. The second-order valence-electron chi connectivity index (χ2n) is 5.40. The summed E-state index contributed by atoms with van der Waals surface area (Å²) in [5, 5.41) is 16.8. The van der Waals surface area contributed by atoms with Crippen molar-refractivity contribution >= 4 is 33.3 Å². The Morgan fingerprint density at radius 2 is 2.27 bits per heavy atom. The van der Waals surface area contributed by atoms with Crippen LogP contribution >= 0.6 is 11.3 Å². The van der Waals surface area contributed by atoms with Gasteiger partial charge in [-0.25, -0.2) is 4.98 Å². The molecule has 0 amide bonds. The van der Waals surface area contributed by atoms with E-state index in [1.165, 1.54) is 4.88 Å². The molecule has 0 saturated carbocycles. The van der Waals surface area contributed by atoms with Crippen LogP contribution in [0.5, 0.6) is 0 Å². The minimum atomic E-state index is 0.0965. The molecule has 1 fully saturated rings. The highest BCUT2D eigenvalue weighted by Gasteiger charge is 2.16. The van der Waals surface area contributed by atoms with Gasteiger partial charge in [0.05, 0.1) is 12.0 Å². The lowest BCUT2D eigenvalue weighted by Crippen LogP contribution is -2.29. The zero-order valence-electron chi connectivity index (χ0n) is 12.9. The lowest BCUT2D eigenvalue weighted by Gasteiger charge is -2.20. The minimum Gasteiger partial charge on any atom is -0.395 e. The van der Waals surface area contributed by atoms with Gasteiger partial charge < -0.3 is 20.6 Å². The first-order valence-corrected chi connectivity index (χ1v) is 8.74. The lowest BCUT2D eigenvalue weighted by atomic mass is 10.3. The summed E-state index contributed by atoms with van der Waals surface area (Å²) >= 11 is 1.73. The van der Waals surface area contributed by atoms with Crippen molar-refractivity contribution in [1.29, 1.82) is 0 Å². The molecule has 0 aromatic carbocycles. The summed E-state index contributed by atoms with van der Waals surface area (Å²) in [4.78, 5) is 14.1. The maximum atomic E-state index is 9.08. The van der Waals surface area contributed by atoms with Gasteiger partial charge in [-0.2, -0.15) is 4.98 Å². The molecule has 2 aromatic rings. The van der Waals surface area contributed by atoms with Gasteiger partial charge in [-0.1, -0.05) is 6.92 Å². The average molecular weight is 321 g/mol. The Morgan fingerprint density at radius 3 is 3.09 bits per heavy atom. The van der Waals surface area contributed by atoms with E-state index in [0.717, 1.165) is 61.0 Å². The van der Waals surface area contributed by atoms with E-state index in [1.807, 2.05) is 0 Å². The zero-order chi connectivity index (χ0) is 15.4. The molecule has 0 spiro atoms. The highest BCUT2D eigenvalue weighted by Crippen LogP contribution is 2.31. The first-order valence-electron chi connectivity index (χ1n) is 7.92. The van der Waals surface area contributed by atoms with Gasteiger partial charge in [0.2, 0.25) is 5.95 Å². The summed E-state index contributed by atoms with van der Waals surface area (Å²) < 4.78 is 0. The third kappa shape index (κ3) is 3.31. The minimum absolute atomic E-state index is 0.0965. The molecular formula is C15H23N5OS. The maximum absolute atomic E-state index is 9.08. The molecule has 3 heterocycles. The smallest absolute Gasteiger partial charge is 0.228 e. The van der Waals surface area contributed by atoms with Gasteiger partial charge in [-0.05, 0) is 25.5 Å². The molecule has 22 heavy (non-hydrogen) atoms. The van der Waals surface area contributed by atoms with Crippen LogP contribution in [0.1, 0.15) is 18.2 Å². The monoisotopic (exact) mass is 321 g/mol. The fourth-order valence-corrected chi connectivity index (χ4v) is 3.59. The van der Waals surface area contributed by atoms with E-state index in [9.17, 15) is 0 Å². The van der Waals surface area contributed by atoms with E-state index >= 15 is 0 Å². The second-order valence-corrected chi connectivity index (χ2v) is 6.51. The number of nitrogens with zero attached hydrogens (tertiary/aromatic N) is 3. The van der Waals surface area contributed by atoms with Crippen LogP contribution in [-0.4, -0.2) is 54.4 Å². The van der Waals surface area contributed by atoms with Crippen molar-refractivity contribution in [2.24, 2.45) is 0 Å². The van der Waals surface area contributed by atoms with Gasteiger partial charge >= 0.3 is 0 Å². The van der Waals surface area contributed by atoms with E-state index in [1.54, 1.807) is 11.3 Å². The van der Waals surface area contributed by atoms with Crippen LogP contribution in [0.2, 0.25) is 0 Å². The summed E-state index contributed by atoms with van der Waals surface area (Å²) in [6.45, 7) is 6.67. The van der Waals surface area contributed by atoms with Gasteiger partial charge in [0.15, 0.2) is 0 Å². The summed E-state index contributed by atoms with van der Waals surface area (Å²) in [5.74, 6) is 1.63. The number of aryl methyl sites for hydroxylation is 1. The molecule has 0 radical (unpaired) electrons. The molecular weight excluding hydrogens is 298 g/mol. The quantitative estimate of drug-likeness (QED) is 0.774. The number of rotatable bonds is 5. The van der Waals surface area contributed by atoms with Crippen LogP contribution in [-0.2, 0) is 6.42 Å². The third-order valence-electron chi connectivity index (χ3n) is 3.81. The van der Waals surface area contributed by atoms with E-state index in [-0.39, 0.29) is 6.61 Å². The number of nitrogens with one attached hydrogen (secondary N) is 2. The Balaban J connectivity index is 1.98. The molecule has 120 valence electrons. The molecule has 7 heteroatoms. The number of aliphatic hydroxyl groups excluding tert-OH is 1. The van der Waals surface area contributed by atoms with Gasteiger partial charge in [0.1, 0.15) is 10.6 Å². The van der Waals surface area contributed by atoms with Crippen LogP contribution in [0, 0.1) is 0 Å². The summed E-state index contributed by atoms with van der Waals surface area (Å²) in [7, 11) is 0. The highest BCUT2D eigenvalue weighted by atomic mass is 32.1. The molecule has 6 nitrogen and oxygen atoms in total. The van der Waals surface area contributed by atoms with Crippen molar-refractivity contribution in [2.75, 3.05) is 49.5 Å². The number of aromatic nitrogens is 2. The second kappa shape index (κ2) is 7.21. The van der Waals surface area contributed by atoms with Crippen molar-refractivity contribution < 1.29 is 5.11 Å². The van der Waals surface area contributed by atoms with Crippen molar-refractivity contribution in [2.45, 2.75) is 19.8 Å². The third-order valence-corrected chi connectivity index (χ3v) is 4.98. The molecule has 0 atom stereocenters. The molecule has 0 unspecified atom stereocenters. The van der Waals surface area contributed by atoms with E-state index < -0.39 is 0 Å². The van der Waals surface area contributed by atoms with Crippen molar-refractivity contribution in [1.82, 2.24) is 15.3 Å². The normalized spacial score (nSPS) is 16.0. The van der Waals surface area contributed by atoms with E-state index in [4.69, 9.17) is 15.1 Å². The predicted octanol–water partition coefficient (Wildman–Crippen LogP) is 1.46. The number of anilines is 2. The first kappa shape index (κ1) is 15.5. The Labute approximate surface area is 134 Å². The standard InChI is InChI=1S/C15H23N5OS/c1-2-11-10-12-13(17-6-9-21)18-15(19-14(12)22-11)20-7-3-4-16-5-8-20/h10,16,21H,2-9H2,1H3,(H,17,18,19). The fraction of sp³-hybridized carbons (Fsp3) is 0.600. The van der Waals surface area contributed by atoms with E-state index in [0.29, 0.717) is 6.54 Å². The first-order chi connectivity index (χ1) is 10.8. The van der Waals surface area contributed by atoms with Crippen LogP contribution in [0.25, 0.3) is 10.2 Å². The molecule has 2 aromatic heterocycles. The van der Waals surface area contributed by atoms with Gasteiger partial charge in [-0.3, -0.25) is 0 Å². The highest BCUT2D eigenvalue weighted by molar-refractivity contribution is 7.18. The Morgan fingerprint density at radius 1 is 1.36 bits per heavy atom. The van der Waals surface area contributed by atoms with Crippen LogP contribution < -0.4 is 15.5 Å². The maximum Gasteiger partial charge on any atom is 0.228 e. The van der Waals surface area contributed by atoms with E-state index in [2.05, 4.69) is 28.5 Å². The number of fused-ring (bicyclic) bond motifs is 1. The Hall–Kier alpha value is -1.44. The fourth-order valence-electron chi connectivity index (χ4n) is 2.63. The largest absolute Gasteiger partial charge is 0.395 e. The molecule has 1 aliphatic heterocycles. The van der Waals surface area contributed by atoms with Gasteiger partial charge in [0, 0.05) is 31.1 Å². The van der Waals surface area contributed by atoms with Crippen molar-refractivity contribution in [3.05, 3.63) is 10.9 Å². The summed E-state index contributed by atoms with van der Waals surface area (Å²) in [6.07, 6.45) is 2.11. The summed E-state index contributed by atoms with van der Waals surface area (Å²) in [5.41, 5.74) is 0. The predicted molar refractivity (Wildman–Crippen MR) is 92.1 cm³/mol. The van der Waals surface area contributed by atoms with Gasteiger partial charge in [-0.15, -0.1) is 11.3 Å². The van der Waals surface area contributed by atoms with Crippen LogP contribution in [0.3, 0.4) is 0 Å². The average Bonchev–Trinajstić information content (AvgIpc) is 2.77. The van der Waals surface area contributed by atoms with Gasteiger partial charge in [0.25, 0.3) is 0 Å².